The van der Waals surface area contributed by atoms with Gasteiger partial charge in [0.1, 0.15) is 0 Å². The highest BCUT2D eigenvalue weighted by atomic mass is 16.4. The van der Waals surface area contributed by atoms with Gasteiger partial charge in [-0.3, -0.25) is 9.59 Å². The largest absolute Gasteiger partial charge is 0.481 e. The predicted octanol–water partition coefficient (Wildman–Crippen LogP) is 1.01. The van der Waals surface area contributed by atoms with Crippen LogP contribution >= 0.6 is 0 Å². The molecular formula is C10H17NO3. The lowest BCUT2D eigenvalue weighted by atomic mass is 9.57. The topological polar surface area (TPSA) is 66.4 Å². The van der Waals surface area contributed by atoms with E-state index in [9.17, 15) is 9.59 Å². The van der Waals surface area contributed by atoms with Crippen molar-refractivity contribution in [3.05, 3.63) is 0 Å². The van der Waals surface area contributed by atoms with Crippen molar-refractivity contribution >= 4 is 11.9 Å². The number of amides is 1. The SMILES string of the molecule is CC(=O)N[C@@H]1C[C@@H](CC(=O)O)C1(C)C. The highest BCUT2D eigenvalue weighted by Crippen LogP contribution is 2.47. The van der Waals surface area contributed by atoms with Crippen LogP contribution in [0.1, 0.15) is 33.6 Å². The zero-order valence-corrected chi connectivity index (χ0v) is 8.83. The molecule has 0 aromatic rings. The molecule has 0 aromatic carbocycles. The summed E-state index contributed by atoms with van der Waals surface area (Å²) >= 11 is 0. The van der Waals surface area contributed by atoms with Gasteiger partial charge in [-0.05, 0) is 17.8 Å². The van der Waals surface area contributed by atoms with Gasteiger partial charge in [0.2, 0.25) is 5.91 Å². The molecule has 0 heterocycles. The molecule has 0 unspecified atom stereocenters. The molecule has 0 aromatic heterocycles. The first kappa shape index (κ1) is 11.0. The van der Waals surface area contributed by atoms with Crippen molar-refractivity contribution in [1.82, 2.24) is 5.32 Å². The highest BCUT2D eigenvalue weighted by molar-refractivity contribution is 5.73. The maximum Gasteiger partial charge on any atom is 0.303 e. The quantitative estimate of drug-likeness (QED) is 0.713. The van der Waals surface area contributed by atoms with E-state index < -0.39 is 5.97 Å². The Labute approximate surface area is 83.7 Å². The molecule has 1 rings (SSSR count). The number of hydrogen-bond acceptors (Lipinski definition) is 2. The Morgan fingerprint density at radius 2 is 2.07 bits per heavy atom. The van der Waals surface area contributed by atoms with Crippen LogP contribution in [0.2, 0.25) is 0 Å². The van der Waals surface area contributed by atoms with E-state index >= 15 is 0 Å². The minimum Gasteiger partial charge on any atom is -0.481 e. The zero-order valence-electron chi connectivity index (χ0n) is 8.83. The van der Waals surface area contributed by atoms with Gasteiger partial charge in [0.05, 0.1) is 0 Å². The van der Waals surface area contributed by atoms with E-state index in [1.165, 1.54) is 6.92 Å². The molecule has 0 spiro atoms. The number of rotatable bonds is 3. The monoisotopic (exact) mass is 199 g/mol. The minimum atomic E-state index is -0.760. The first-order chi connectivity index (χ1) is 6.34. The lowest BCUT2D eigenvalue weighted by molar-refractivity contribution is -0.142. The fourth-order valence-electron chi connectivity index (χ4n) is 2.06. The van der Waals surface area contributed by atoms with Gasteiger partial charge in [0.15, 0.2) is 0 Å². The number of hydrogen-bond donors (Lipinski definition) is 2. The second kappa shape index (κ2) is 3.59. The number of carbonyl (C=O) groups is 2. The summed E-state index contributed by atoms with van der Waals surface area (Å²) in [5.74, 6) is -0.627. The van der Waals surface area contributed by atoms with Crippen LogP contribution in [0.15, 0.2) is 0 Å². The van der Waals surface area contributed by atoms with Gasteiger partial charge in [0, 0.05) is 19.4 Å². The Bertz CT molecular complexity index is 236. The summed E-state index contributed by atoms with van der Waals surface area (Å²) in [4.78, 5) is 21.4. The first-order valence-electron chi connectivity index (χ1n) is 4.83. The van der Waals surface area contributed by atoms with Crippen molar-refractivity contribution in [2.75, 3.05) is 0 Å². The van der Waals surface area contributed by atoms with Crippen LogP contribution in [0, 0.1) is 11.3 Å². The van der Waals surface area contributed by atoms with Crippen LogP contribution in [0.25, 0.3) is 0 Å². The Morgan fingerprint density at radius 3 is 2.43 bits per heavy atom. The predicted molar refractivity (Wildman–Crippen MR) is 51.7 cm³/mol. The normalized spacial score (nSPS) is 29.1. The number of nitrogens with one attached hydrogen (secondary N) is 1. The molecular weight excluding hydrogens is 182 g/mol. The summed E-state index contributed by atoms with van der Waals surface area (Å²) in [6.07, 6.45) is 0.974. The standard InChI is InChI=1S/C10H17NO3/c1-6(12)11-8-4-7(5-9(13)14)10(8,2)3/h7-8H,4-5H2,1-3H3,(H,11,12)(H,13,14)/t7-,8+/m0/s1. The van der Waals surface area contributed by atoms with Crippen molar-refractivity contribution in [2.24, 2.45) is 11.3 Å². The second-order valence-corrected chi connectivity index (χ2v) is 4.60. The van der Waals surface area contributed by atoms with E-state index in [1.54, 1.807) is 0 Å². The smallest absolute Gasteiger partial charge is 0.303 e. The molecule has 1 aliphatic carbocycles. The minimum absolute atomic E-state index is 0.0446. The van der Waals surface area contributed by atoms with Crippen LogP contribution in [0.4, 0.5) is 0 Å². The van der Waals surface area contributed by atoms with Crippen molar-refractivity contribution in [3.8, 4) is 0 Å². The van der Waals surface area contributed by atoms with Crippen LogP contribution in [-0.4, -0.2) is 23.0 Å². The lowest BCUT2D eigenvalue weighted by Gasteiger charge is -2.51. The van der Waals surface area contributed by atoms with E-state index in [1.807, 2.05) is 13.8 Å². The fraction of sp³-hybridized carbons (Fsp3) is 0.800. The third-order valence-electron chi connectivity index (χ3n) is 3.27. The Morgan fingerprint density at radius 1 is 1.50 bits per heavy atom. The molecule has 4 nitrogen and oxygen atoms in total. The van der Waals surface area contributed by atoms with Gasteiger partial charge in [-0.15, -0.1) is 0 Å². The number of carboxylic acid groups (broad SMARTS) is 1. The third kappa shape index (κ3) is 2.05. The molecule has 1 fully saturated rings. The Kier molecular flexibility index (Phi) is 2.83. The maximum atomic E-state index is 10.8. The zero-order chi connectivity index (χ0) is 10.9. The van der Waals surface area contributed by atoms with E-state index in [0.717, 1.165) is 6.42 Å². The van der Waals surface area contributed by atoms with E-state index in [-0.39, 0.29) is 29.7 Å². The molecule has 4 heteroatoms. The van der Waals surface area contributed by atoms with Gasteiger partial charge in [0.25, 0.3) is 0 Å². The van der Waals surface area contributed by atoms with Crippen LogP contribution < -0.4 is 5.32 Å². The number of aliphatic carboxylic acids is 1. The average molecular weight is 199 g/mol. The molecule has 2 atom stereocenters. The number of carboxylic acids is 1. The van der Waals surface area contributed by atoms with Crippen LogP contribution in [0.3, 0.4) is 0 Å². The van der Waals surface area contributed by atoms with Crippen molar-refractivity contribution in [1.29, 1.82) is 0 Å². The van der Waals surface area contributed by atoms with Crippen molar-refractivity contribution in [3.63, 3.8) is 0 Å². The molecule has 0 radical (unpaired) electrons. The first-order valence-corrected chi connectivity index (χ1v) is 4.83. The van der Waals surface area contributed by atoms with Gasteiger partial charge < -0.3 is 10.4 Å². The highest BCUT2D eigenvalue weighted by Gasteiger charge is 2.48. The summed E-state index contributed by atoms with van der Waals surface area (Å²) in [5, 5.41) is 11.5. The van der Waals surface area contributed by atoms with E-state index in [0.29, 0.717) is 0 Å². The van der Waals surface area contributed by atoms with Crippen LogP contribution in [0.5, 0.6) is 0 Å². The average Bonchev–Trinajstić information content (AvgIpc) is 2.01. The van der Waals surface area contributed by atoms with Crippen molar-refractivity contribution in [2.45, 2.75) is 39.7 Å². The van der Waals surface area contributed by atoms with Crippen molar-refractivity contribution < 1.29 is 14.7 Å². The molecule has 0 aliphatic heterocycles. The molecule has 0 saturated heterocycles. The van der Waals surface area contributed by atoms with Gasteiger partial charge in [-0.2, -0.15) is 0 Å². The number of carbonyl (C=O) groups excluding carboxylic acids is 1. The van der Waals surface area contributed by atoms with E-state index in [4.69, 9.17) is 5.11 Å². The van der Waals surface area contributed by atoms with Crippen LogP contribution in [-0.2, 0) is 9.59 Å². The third-order valence-corrected chi connectivity index (χ3v) is 3.27. The van der Waals surface area contributed by atoms with Gasteiger partial charge in [-0.1, -0.05) is 13.8 Å². The molecule has 2 N–H and O–H groups in total. The second-order valence-electron chi connectivity index (χ2n) is 4.60. The molecule has 80 valence electrons. The Balaban J connectivity index is 2.50. The molecule has 0 bridgehead atoms. The van der Waals surface area contributed by atoms with Gasteiger partial charge in [-0.25, -0.2) is 0 Å². The summed E-state index contributed by atoms with van der Waals surface area (Å²) in [6.45, 7) is 5.50. The summed E-state index contributed by atoms with van der Waals surface area (Å²) < 4.78 is 0. The molecule has 1 amide bonds. The molecule has 1 aliphatic rings. The summed E-state index contributed by atoms with van der Waals surface area (Å²) in [5.41, 5.74) is -0.0932. The maximum absolute atomic E-state index is 10.8. The van der Waals surface area contributed by atoms with E-state index in [2.05, 4.69) is 5.32 Å². The fourth-order valence-corrected chi connectivity index (χ4v) is 2.06. The van der Waals surface area contributed by atoms with Gasteiger partial charge >= 0.3 is 5.97 Å². The molecule has 1 saturated carbocycles. The summed E-state index contributed by atoms with van der Waals surface area (Å²) in [6, 6.07) is 0.129. The summed E-state index contributed by atoms with van der Waals surface area (Å²) in [7, 11) is 0. The Hall–Kier alpha value is -1.06. The molecule has 14 heavy (non-hydrogen) atoms. The lowest BCUT2D eigenvalue weighted by Crippen LogP contribution is -2.58.